The summed E-state index contributed by atoms with van der Waals surface area (Å²) in [5, 5.41) is 14.9. The van der Waals surface area contributed by atoms with Crippen LogP contribution in [0.5, 0.6) is 0 Å². The summed E-state index contributed by atoms with van der Waals surface area (Å²) < 4.78 is 13.0. The molecule has 1 atom stereocenters. The minimum Gasteiger partial charge on any atom is -0.354 e. The fraction of sp³-hybridized carbons (Fsp3) is 0.417. The number of hydrogen-bond donors (Lipinski definition) is 2. The maximum atomic E-state index is 13.2. The van der Waals surface area contributed by atoms with Gasteiger partial charge in [0, 0.05) is 38.9 Å². The highest BCUT2D eigenvalue weighted by molar-refractivity contribution is 5.87. The molecule has 3 amide bonds. The molecule has 0 radical (unpaired) electrons. The van der Waals surface area contributed by atoms with Gasteiger partial charge in [-0.25, -0.2) is 14.2 Å². The van der Waals surface area contributed by atoms with Gasteiger partial charge in [0.2, 0.25) is 5.91 Å². The van der Waals surface area contributed by atoms with Crippen LogP contribution in [0.2, 0.25) is 0 Å². The second-order valence-corrected chi connectivity index (χ2v) is 7.95. The lowest BCUT2D eigenvalue weighted by Crippen LogP contribution is -2.51. The average molecular weight is 453 g/mol. The van der Waals surface area contributed by atoms with Gasteiger partial charge in [0.15, 0.2) is 0 Å². The van der Waals surface area contributed by atoms with Crippen molar-refractivity contribution in [2.45, 2.75) is 38.8 Å². The zero-order valence-electron chi connectivity index (χ0n) is 18.8. The molecule has 0 bridgehead atoms. The van der Waals surface area contributed by atoms with Crippen molar-refractivity contribution in [2.24, 2.45) is 0 Å². The first-order valence-electron chi connectivity index (χ1n) is 11.2. The molecular weight excluding hydrogens is 423 g/mol. The number of anilines is 1. The van der Waals surface area contributed by atoms with Crippen molar-refractivity contribution in [2.75, 3.05) is 31.1 Å². The van der Waals surface area contributed by atoms with Gasteiger partial charge in [-0.1, -0.05) is 25.5 Å². The number of halogens is 1. The Bertz CT molecular complexity index is 991. The van der Waals surface area contributed by atoms with Crippen LogP contribution in [0, 0.1) is 17.1 Å². The number of rotatable bonds is 7. The summed E-state index contributed by atoms with van der Waals surface area (Å²) in [6, 6.07) is 10.5. The lowest BCUT2D eigenvalue weighted by Gasteiger charge is -2.27. The van der Waals surface area contributed by atoms with E-state index < -0.39 is 12.1 Å². The molecule has 0 spiro atoms. The summed E-state index contributed by atoms with van der Waals surface area (Å²) in [6.45, 7) is 4.52. The Hall–Kier alpha value is -3.67. The summed E-state index contributed by atoms with van der Waals surface area (Å²) >= 11 is 0. The minimum absolute atomic E-state index is 0.114. The third-order valence-corrected chi connectivity index (χ3v) is 5.56. The topological polar surface area (TPSA) is 101 Å². The van der Waals surface area contributed by atoms with E-state index in [0.717, 1.165) is 18.4 Å². The number of nitriles is 1. The van der Waals surface area contributed by atoms with E-state index in [2.05, 4.69) is 21.7 Å². The predicted molar refractivity (Wildman–Crippen MR) is 123 cm³/mol. The summed E-state index contributed by atoms with van der Waals surface area (Å²) in [6.07, 6.45) is 3.68. The Balaban J connectivity index is 1.57. The molecule has 1 aliphatic rings. The van der Waals surface area contributed by atoms with Crippen LogP contribution in [-0.2, 0) is 11.3 Å². The van der Waals surface area contributed by atoms with Crippen molar-refractivity contribution in [3.63, 3.8) is 0 Å². The molecule has 0 saturated carbocycles. The van der Waals surface area contributed by atoms with Gasteiger partial charge in [0.05, 0.1) is 5.56 Å². The number of aromatic nitrogens is 1. The van der Waals surface area contributed by atoms with E-state index in [4.69, 9.17) is 0 Å². The van der Waals surface area contributed by atoms with Gasteiger partial charge in [-0.15, -0.1) is 0 Å². The molecule has 0 aliphatic carbocycles. The molecule has 1 fully saturated rings. The summed E-state index contributed by atoms with van der Waals surface area (Å²) in [5.74, 6) is 0.189. The average Bonchev–Trinajstić information content (AvgIpc) is 3.09. The Morgan fingerprint density at radius 3 is 2.70 bits per heavy atom. The number of urea groups is 1. The maximum absolute atomic E-state index is 13.2. The number of amides is 3. The first-order chi connectivity index (χ1) is 16.0. The Morgan fingerprint density at radius 1 is 1.18 bits per heavy atom. The Kier molecular flexibility index (Phi) is 8.58. The Morgan fingerprint density at radius 2 is 1.97 bits per heavy atom. The van der Waals surface area contributed by atoms with E-state index in [0.29, 0.717) is 44.0 Å². The van der Waals surface area contributed by atoms with Gasteiger partial charge < -0.3 is 20.4 Å². The molecular formula is C24H29FN6O2. The summed E-state index contributed by atoms with van der Waals surface area (Å²) in [5.41, 5.74) is 1.28. The normalized spacial score (nSPS) is 14.7. The zero-order valence-corrected chi connectivity index (χ0v) is 18.8. The van der Waals surface area contributed by atoms with Gasteiger partial charge in [-0.2, -0.15) is 5.26 Å². The number of hydrogen-bond acceptors (Lipinski definition) is 5. The fourth-order valence-corrected chi connectivity index (χ4v) is 3.85. The number of nitrogens with one attached hydrogen (secondary N) is 2. The number of benzene rings is 1. The molecule has 2 aromatic rings. The van der Waals surface area contributed by atoms with E-state index in [1.807, 2.05) is 11.8 Å². The first-order valence-corrected chi connectivity index (χ1v) is 11.2. The zero-order chi connectivity index (χ0) is 23.6. The molecule has 1 unspecified atom stereocenters. The predicted octanol–water partition coefficient (Wildman–Crippen LogP) is 2.80. The quantitative estimate of drug-likeness (QED) is 0.673. The van der Waals surface area contributed by atoms with E-state index in [-0.39, 0.29) is 18.3 Å². The van der Waals surface area contributed by atoms with Crippen molar-refractivity contribution < 1.29 is 14.0 Å². The van der Waals surface area contributed by atoms with Crippen molar-refractivity contribution >= 4 is 17.8 Å². The number of pyridine rings is 1. The molecule has 3 rings (SSSR count). The van der Waals surface area contributed by atoms with Crippen LogP contribution >= 0.6 is 0 Å². The number of carbonyl (C=O) groups is 2. The van der Waals surface area contributed by atoms with E-state index in [1.165, 1.54) is 12.1 Å². The van der Waals surface area contributed by atoms with Crippen LogP contribution in [0.25, 0.3) is 0 Å². The van der Waals surface area contributed by atoms with E-state index >= 15 is 0 Å². The third-order valence-electron chi connectivity index (χ3n) is 5.56. The van der Waals surface area contributed by atoms with E-state index in [9.17, 15) is 19.2 Å². The molecule has 1 aromatic carbocycles. The van der Waals surface area contributed by atoms with Crippen LogP contribution in [-0.4, -0.2) is 54.0 Å². The standard InChI is InChI=1S/C24H29FN6O2/c1-2-5-21(29-24(33)28-17-18-7-9-20(25)10-8-18)23(32)31-13-4-12-30(14-15-31)22-19(16-26)6-3-11-27-22/h3,6-11,21H,2,4-5,12-15,17H2,1H3,(H2,28,29,33). The second-order valence-electron chi connectivity index (χ2n) is 7.95. The van der Waals surface area contributed by atoms with Crippen molar-refractivity contribution in [3.05, 3.63) is 59.5 Å². The van der Waals surface area contributed by atoms with Gasteiger partial charge in [-0.3, -0.25) is 4.79 Å². The highest BCUT2D eigenvalue weighted by Gasteiger charge is 2.27. The lowest BCUT2D eigenvalue weighted by atomic mass is 10.1. The molecule has 2 N–H and O–H groups in total. The van der Waals surface area contributed by atoms with Gasteiger partial charge in [-0.05, 0) is 42.7 Å². The highest BCUT2D eigenvalue weighted by Crippen LogP contribution is 2.18. The fourth-order valence-electron chi connectivity index (χ4n) is 3.85. The van der Waals surface area contributed by atoms with Crippen LogP contribution in [0.3, 0.4) is 0 Å². The van der Waals surface area contributed by atoms with Crippen molar-refractivity contribution in [1.82, 2.24) is 20.5 Å². The molecule has 1 aromatic heterocycles. The summed E-state index contributed by atoms with van der Waals surface area (Å²) in [7, 11) is 0. The van der Waals surface area contributed by atoms with Crippen LogP contribution in [0.15, 0.2) is 42.6 Å². The monoisotopic (exact) mass is 452 g/mol. The molecule has 33 heavy (non-hydrogen) atoms. The number of nitrogens with zero attached hydrogens (tertiary/aromatic N) is 4. The molecule has 1 saturated heterocycles. The van der Waals surface area contributed by atoms with Crippen molar-refractivity contribution in [1.29, 1.82) is 5.26 Å². The third kappa shape index (κ3) is 6.65. The van der Waals surface area contributed by atoms with E-state index in [1.54, 1.807) is 35.4 Å². The smallest absolute Gasteiger partial charge is 0.315 e. The largest absolute Gasteiger partial charge is 0.354 e. The highest BCUT2D eigenvalue weighted by atomic mass is 19.1. The Labute approximate surface area is 193 Å². The molecule has 9 heteroatoms. The molecule has 8 nitrogen and oxygen atoms in total. The second kappa shape index (κ2) is 11.8. The lowest BCUT2D eigenvalue weighted by molar-refractivity contribution is -0.133. The van der Waals surface area contributed by atoms with Gasteiger partial charge in [0.25, 0.3) is 0 Å². The van der Waals surface area contributed by atoms with Crippen molar-refractivity contribution in [3.8, 4) is 6.07 Å². The SMILES string of the molecule is CCCC(NC(=O)NCc1ccc(F)cc1)C(=O)N1CCCN(c2ncccc2C#N)CC1. The first kappa shape index (κ1) is 24.0. The maximum Gasteiger partial charge on any atom is 0.315 e. The van der Waals surface area contributed by atoms with Crippen LogP contribution in [0.1, 0.15) is 37.3 Å². The molecule has 2 heterocycles. The number of carbonyl (C=O) groups excluding carboxylic acids is 2. The van der Waals surface area contributed by atoms with Crippen LogP contribution in [0.4, 0.5) is 15.0 Å². The minimum atomic E-state index is -0.626. The van der Waals surface area contributed by atoms with Gasteiger partial charge >= 0.3 is 6.03 Å². The molecule has 1 aliphatic heterocycles. The van der Waals surface area contributed by atoms with Crippen LogP contribution < -0.4 is 15.5 Å². The molecule has 174 valence electrons. The summed E-state index contributed by atoms with van der Waals surface area (Å²) in [4.78, 5) is 33.8. The van der Waals surface area contributed by atoms with Gasteiger partial charge in [0.1, 0.15) is 23.7 Å².